The Hall–Kier alpha value is -3.78. The topological polar surface area (TPSA) is 57.2 Å². The van der Waals surface area contributed by atoms with Gasteiger partial charge in [-0.25, -0.2) is 14.2 Å². The van der Waals surface area contributed by atoms with E-state index in [0.29, 0.717) is 6.54 Å². The molecule has 8 heteroatoms. The number of ether oxygens (including phenoxy) is 1. The molecule has 1 heterocycles. The van der Waals surface area contributed by atoms with Gasteiger partial charge in [0, 0.05) is 44.0 Å². The number of hydrogen-bond acceptors (Lipinski definition) is 5. The molecule has 1 aliphatic heterocycles. The second-order valence-electron chi connectivity index (χ2n) is 7.99. The molecule has 0 aliphatic carbocycles. The zero-order chi connectivity index (χ0) is 23.9. The van der Waals surface area contributed by atoms with E-state index < -0.39 is 11.7 Å². The van der Waals surface area contributed by atoms with Crippen molar-refractivity contribution >= 4 is 17.8 Å². The van der Waals surface area contributed by atoms with Crippen LogP contribution in [0.3, 0.4) is 0 Å². The first-order valence-corrected chi connectivity index (χ1v) is 11.0. The normalized spacial score (nSPS) is 14.4. The molecular formula is C26H26F2N4O2. The molecule has 3 aromatic rings. The predicted molar refractivity (Wildman–Crippen MR) is 128 cm³/mol. The lowest BCUT2D eigenvalue weighted by atomic mass is 10.1. The number of piperazine rings is 1. The lowest BCUT2D eigenvalue weighted by Gasteiger charge is -2.36. The van der Waals surface area contributed by atoms with Gasteiger partial charge in [0.2, 0.25) is 0 Å². The molecule has 0 unspecified atom stereocenters. The highest BCUT2D eigenvalue weighted by Crippen LogP contribution is 2.23. The third kappa shape index (κ3) is 5.77. The number of nitrogens with one attached hydrogen (secondary N) is 1. The van der Waals surface area contributed by atoms with Gasteiger partial charge >= 0.3 is 0 Å². The van der Waals surface area contributed by atoms with Crippen molar-refractivity contribution in [2.45, 2.75) is 6.54 Å². The van der Waals surface area contributed by atoms with Crippen LogP contribution < -0.4 is 15.1 Å². The van der Waals surface area contributed by atoms with Gasteiger partial charge in [0.15, 0.2) is 0 Å². The number of halogens is 2. The molecule has 4 rings (SSSR count). The van der Waals surface area contributed by atoms with Crippen LogP contribution in [0.4, 0.5) is 14.5 Å². The van der Waals surface area contributed by atoms with Gasteiger partial charge in [-0.1, -0.05) is 12.1 Å². The second-order valence-corrected chi connectivity index (χ2v) is 7.99. The highest BCUT2D eigenvalue weighted by Gasteiger charge is 2.19. The highest BCUT2D eigenvalue weighted by atomic mass is 19.1. The Morgan fingerprint density at radius 1 is 1.03 bits per heavy atom. The number of hydrazone groups is 1. The first-order chi connectivity index (χ1) is 16.5. The Labute approximate surface area is 197 Å². The monoisotopic (exact) mass is 464 g/mol. The molecule has 0 bridgehead atoms. The quantitative estimate of drug-likeness (QED) is 0.423. The average Bonchev–Trinajstić information content (AvgIpc) is 2.85. The van der Waals surface area contributed by atoms with Crippen LogP contribution >= 0.6 is 0 Å². The van der Waals surface area contributed by atoms with Gasteiger partial charge in [0.25, 0.3) is 5.91 Å². The van der Waals surface area contributed by atoms with Crippen LogP contribution in [0.25, 0.3) is 0 Å². The smallest absolute Gasteiger partial charge is 0.274 e. The number of nitrogens with zero attached hydrogens (tertiary/aromatic N) is 3. The van der Waals surface area contributed by atoms with E-state index in [2.05, 4.69) is 20.3 Å². The summed E-state index contributed by atoms with van der Waals surface area (Å²) in [4.78, 5) is 16.7. The van der Waals surface area contributed by atoms with Crippen molar-refractivity contribution < 1.29 is 18.3 Å². The molecule has 1 aliphatic rings. The van der Waals surface area contributed by atoms with Crippen LogP contribution in [0, 0.1) is 11.6 Å². The van der Waals surface area contributed by atoms with Crippen LogP contribution in [0.1, 0.15) is 21.5 Å². The number of anilines is 1. The number of hydrogen-bond donors (Lipinski definition) is 1. The fourth-order valence-corrected chi connectivity index (χ4v) is 3.93. The molecule has 0 aromatic heterocycles. The lowest BCUT2D eigenvalue weighted by Crippen LogP contribution is -2.46. The summed E-state index contributed by atoms with van der Waals surface area (Å²) in [6.45, 7) is 4.10. The fourth-order valence-electron chi connectivity index (χ4n) is 3.93. The summed E-state index contributed by atoms with van der Waals surface area (Å²) in [6.07, 6.45) is 1.52. The van der Waals surface area contributed by atoms with Gasteiger partial charge in [-0.05, 0) is 60.2 Å². The van der Waals surface area contributed by atoms with E-state index in [0.717, 1.165) is 48.7 Å². The maximum Gasteiger partial charge on any atom is 0.274 e. The second kappa shape index (κ2) is 10.9. The molecule has 1 amide bonds. The Morgan fingerprint density at radius 3 is 2.47 bits per heavy atom. The number of carbonyl (C=O) groups is 1. The minimum Gasteiger partial charge on any atom is -0.496 e. The van der Waals surface area contributed by atoms with E-state index in [4.69, 9.17) is 4.74 Å². The van der Waals surface area contributed by atoms with Crippen molar-refractivity contribution in [1.82, 2.24) is 10.3 Å². The van der Waals surface area contributed by atoms with E-state index in [1.807, 2.05) is 30.3 Å². The first-order valence-electron chi connectivity index (χ1n) is 11.0. The molecule has 0 radical (unpaired) electrons. The summed E-state index contributed by atoms with van der Waals surface area (Å²) in [6, 6.07) is 18.0. The zero-order valence-electron chi connectivity index (χ0n) is 18.9. The molecule has 6 nitrogen and oxygen atoms in total. The number of rotatable bonds is 7. The van der Waals surface area contributed by atoms with Gasteiger partial charge in [0.1, 0.15) is 17.4 Å². The molecule has 1 fully saturated rings. The summed E-state index contributed by atoms with van der Waals surface area (Å²) in [5.74, 6) is -0.665. The minimum absolute atomic E-state index is 0.0603. The molecule has 176 valence electrons. The summed E-state index contributed by atoms with van der Waals surface area (Å²) in [7, 11) is 1.63. The SMILES string of the molecule is COc1ccc(/C=N/NC(=O)c2ccccc2F)cc1CN1CCN(c2ccc(F)cc2)CC1. The molecule has 0 saturated carbocycles. The van der Waals surface area contributed by atoms with Crippen molar-refractivity contribution in [3.8, 4) is 5.75 Å². The van der Waals surface area contributed by atoms with Crippen LogP contribution in [0.2, 0.25) is 0 Å². The summed E-state index contributed by atoms with van der Waals surface area (Å²) in [5, 5.41) is 3.97. The predicted octanol–water partition coefficient (Wildman–Crippen LogP) is 4.06. The number of carbonyl (C=O) groups excluding carboxylic acids is 1. The van der Waals surface area contributed by atoms with Crippen molar-refractivity contribution in [2.75, 3.05) is 38.2 Å². The van der Waals surface area contributed by atoms with E-state index in [9.17, 15) is 13.6 Å². The lowest BCUT2D eigenvalue weighted by molar-refractivity contribution is 0.0951. The standard InChI is InChI=1S/C26H26F2N4O2/c1-34-25-11-6-19(17-29-30-26(33)23-4-2-3-5-24(23)28)16-20(25)18-31-12-14-32(15-13-31)22-9-7-21(27)8-10-22/h2-11,16-17H,12-15,18H2,1H3,(H,30,33)/b29-17+. The largest absolute Gasteiger partial charge is 0.496 e. The Balaban J connectivity index is 1.37. The van der Waals surface area contributed by atoms with E-state index >= 15 is 0 Å². The van der Waals surface area contributed by atoms with Crippen LogP contribution in [-0.2, 0) is 6.54 Å². The summed E-state index contributed by atoms with van der Waals surface area (Å²) < 4.78 is 32.5. The van der Waals surface area contributed by atoms with Crippen molar-refractivity contribution in [1.29, 1.82) is 0 Å². The van der Waals surface area contributed by atoms with E-state index in [-0.39, 0.29) is 11.4 Å². The van der Waals surface area contributed by atoms with Gasteiger partial charge in [0.05, 0.1) is 18.9 Å². The maximum absolute atomic E-state index is 13.7. The summed E-state index contributed by atoms with van der Waals surface area (Å²) >= 11 is 0. The van der Waals surface area contributed by atoms with Crippen LogP contribution in [0.5, 0.6) is 5.75 Å². The first kappa shape index (κ1) is 23.4. The molecule has 3 aromatic carbocycles. The Bertz CT molecular complexity index is 1160. The van der Waals surface area contributed by atoms with Crippen molar-refractivity contribution in [3.05, 3.63) is 95.1 Å². The van der Waals surface area contributed by atoms with E-state index in [1.54, 1.807) is 13.2 Å². The number of benzene rings is 3. The number of amides is 1. The highest BCUT2D eigenvalue weighted by molar-refractivity contribution is 5.95. The van der Waals surface area contributed by atoms with Crippen molar-refractivity contribution in [3.63, 3.8) is 0 Å². The van der Waals surface area contributed by atoms with Crippen molar-refractivity contribution in [2.24, 2.45) is 5.10 Å². The number of methoxy groups -OCH3 is 1. The third-order valence-corrected chi connectivity index (χ3v) is 5.76. The molecule has 1 saturated heterocycles. The average molecular weight is 465 g/mol. The Kier molecular flexibility index (Phi) is 7.49. The van der Waals surface area contributed by atoms with Crippen LogP contribution in [0.15, 0.2) is 71.8 Å². The third-order valence-electron chi connectivity index (χ3n) is 5.76. The summed E-state index contributed by atoms with van der Waals surface area (Å²) in [5.41, 5.74) is 5.11. The maximum atomic E-state index is 13.7. The molecule has 0 spiro atoms. The van der Waals surface area contributed by atoms with Gasteiger partial charge < -0.3 is 9.64 Å². The Morgan fingerprint density at radius 2 is 1.76 bits per heavy atom. The molecule has 34 heavy (non-hydrogen) atoms. The van der Waals surface area contributed by atoms with Gasteiger partial charge in [-0.2, -0.15) is 5.10 Å². The van der Waals surface area contributed by atoms with E-state index in [1.165, 1.54) is 36.5 Å². The molecular weight excluding hydrogens is 438 g/mol. The molecule has 1 N–H and O–H groups in total. The zero-order valence-corrected chi connectivity index (χ0v) is 18.9. The van der Waals surface area contributed by atoms with Gasteiger partial charge in [-0.15, -0.1) is 0 Å². The fraction of sp³-hybridized carbons (Fsp3) is 0.231. The van der Waals surface area contributed by atoms with Gasteiger partial charge in [-0.3, -0.25) is 9.69 Å². The van der Waals surface area contributed by atoms with Crippen LogP contribution in [-0.4, -0.2) is 50.3 Å². The minimum atomic E-state index is -0.609. The molecule has 0 atom stereocenters.